The Balaban J connectivity index is 1.28. The maximum absolute atomic E-state index is 12.7. The molecule has 190 valence electrons. The summed E-state index contributed by atoms with van der Waals surface area (Å²) in [5.41, 5.74) is 5.46. The molecule has 1 amide bonds. The Labute approximate surface area is 219 Å². The molecule has 0 atom stereocenters. The highest BCUT2D eigenvalue weighted by Gasteiger charge is 2.36. The zero-order chi connectivity index (χ0) is 26.1. The van der Waals surface area contributed by atoms with Crippen molar-refractivity contribution in [1.82, 2.24) is 30.2 Å². The first-order valence-electron chi connectivity index (χ1n) is 12.3. The van der Waals surface area contributed by atoms with Gasteiger partial charge in [0.15, 0.2) is 5.82 Å². The number of nitrogens with zero attached hydrogens (tertiary/aromatic N) is 4. The molecule has 0 radical (unpaired) electrons. The van der Waals surface area contributed by atoms with Crippen molar-refractivity contribution in [3.8, 4) is 22.6 Å². The van der Waals surface area contributed by atoms with Crippen molar-refractivity contribution in [2.75, 3.05) is 13.2 Å². The second kappa shape index (κ2) is 9.77. The van der Waals surface area contributed by atoms with Crippen molar-refractivity contribution < 1.29 is 14.3 Å². The van der Waals surface area contributed by atoms with Crippen molar-refractivity contribution in [1.29, 1.82) is 0 Å². The van der Waals surface area contributed by atoms with Gasteiger partial charge in [-0.25, -0.2) is 4.98 Å². The first-order valence-corrected chi connectivity index (χ1v) is 12.3. The Bertz CT molecular complexity index is 1610. The maximum atomic E-state index is 12.7. The number of carbonyl (C=O) groups is 1. The number of aromatic amines is 1. The van der Waals surface area contributed by atoms with E-state index >= 15 is 0 Å². The molecule has 1 fully saturated rings. The molecule has 6 rings (SSSR count). The number of H-pyrrole nitrogens is 1. The molecule has 1 saturated heterocycles. The van der Waals surface area contributed by atoms with Gasteiger partial charge >= 0.3 is 0 Å². The van der Waals surface area contributed by atoms with Gasteiger partial charge in [-0.05, 0) is 50.2 Å². The largest absolute Gasteiger partial charge is 0.343 e. The fraction of sp³-hybridized carbons (Fsp3) is 0.207. The summed E-state index contributed by atoms with van der Waals surface area (Å²) in [6.07, 6.45) is 2.61. The lowest BCUT2D eigenvalue weighted by Gasteiger charge is -2.37. The van der Waals surface area contributed by atoms with Crippen molar-refractivity contribution >= 4 is 16.9 Å². The van der Waals surface area contributed by atoms with E-state index in [9.17, 15) is 4.79 Å². The SMILES string of the molecule is Cc1cccc(-c2[nH]c(C3OCC(C)(NC(=O)c4ccccc4)CO3)nc2-c2ccc3nccnc3c2)n1. The van der Waals surface area contributed by atoms with E-state index in [1.807, 2.05) is 68.4 Å². The molecule has 3 aromatic heterocycles. The summed E-state index contributed by atoms with van der Waals surface area (Å²) >= 11 is 0. The second-order valence-electron chi connectivity index (χ2n) is 9.60. The molecule has 1 aliphatic rings. The van der Waals surface area contributed by atoms with Crippen LogP contribution < -0.4 is 5.32 Å². The summed E-state index contributed by atoms with van der Waals surface area (Å²) in [6.45, 7) is 4.37. The number of hydrogen-bond acceptors (Lipinski definition) is 7. The van der Waals surface area contributed by atoms with Gasteiger partial charge in [-0.3, -0.25) is 19.7 Å². The van der Waals surface area contributed by atoms with Crippen LogP contribution in [0.1, 0.15) is 35.1 Å². The van der Waals surface area contributed by atoms with E-state index < -0.39 is 11.8 Å². The highest BCUT2D eigenvalue weighted by molar-refractivity contribution is 5.94. The van der Waals surface area contributed by atoms with Gasteiger partial charge in [0.25, 0.3) is 5.91 Å². The predicted octanol–water partition coefficient (Wildman–Crippen LogP) is 4.62. The van der Waals surface area contributed by atoms with E-state index in [1.165, 1.54) is 0 Å². The minimum Gasteiger partial charge on any atom is -0.343 e. The number of aryl methyl sites for hydroxylation is 1. The Hall–Kier alpha value is -4.47. The molecule has 2 N–H and O–H groups in total. The average Bonchev–Trinajstić information content (AvgIpc) is 3.39. The van der Waals surface area contributed by atoms with Gasteiger partial charge in [-0.2, -0.15) is 0 Å². The highest BCUT2D eigenvalue weighted by Crippen LogP contribution is 2.34. The Morgan fingerprint density at radius 1 is 0.947 bits per heavy atom. The molecule has 0 unspecified atom stereocenters. The van der Waals surface area contributed by atoms with Crippen LogP contribution in [0.2, 0.25) is 0 Å². The Morgan fingerprint density at radius 2 is 1.71 bits per heavy atom. The van der Waals surface area contributed by atoms with Crippen LogP contribution in [0.3, 0.4) is 0 Å². The fourth-order valence-electron chi connectivity index (χ4n) is 4.47. The molecule has 1 aliphatic heterocycles. The third-order valence-electron chi connectivity index (χ3n) is 6.39. The summed E-state index contributed by atoms with van der Waals surface area (Å²) in [5.74, 6) is 0.347. The van der Waals surface area contributed by atoms with Gasteiger partial charge in [0.2, 0.25) is 6.29 Å². The first kappa shape index (κ1) is 23.9. The number of nitrogens with one attached hydrogen (secondary N) is 2. The predicted molar refractivity (Wildman–Crippen MR) is 142 cm³/mol. The number of ether oxygens (including phenoxy) is 2. The maximum Gasteiger partial charge on any atom is 0.251 e. The van der Waals surface area contributed by atoms with E-state index in [-0.39, 0.29) is 19.1 Å². The van der Waals surface area contributed by atoms with Crippen LogP contribution in [0.4, 0.5) is 0 Å². The molecule has 0 bridgehead atoms. The van der Waals surface area contributed by atoms with E-state index in [4.69, 9.17) is 19.4 Å². The van der Waals surface area contributed by atoms with Gasteiger partial charge in [0, 0.05) is 29.2 Å². The molecule has 0 aliphatic carbocycles. The van der Waals surface area contributed by atoms with Crippen molar-refractivity contribution in [3.05, 3.63) is 96.2 Å². The van der Waals surface area contributed by atoms with E-state index in [2.05, 4.69) is 20.3 Å². The number of benzene rings is 2. The Kier molecular flexibility index (Phi) is 6.15. The molecular formula is C29H26N6O3. The standard InChI is InChI=1S/C29H26N6O3/c1-18-7-6-10-22(32-18)25-24(20-11-12-21-23(15-20)31-14-13-30-21)33-26(34-25)28-37-16-29(2,17-38-28)35-27(36)19-8-4-3-5-9-19/h3-15,28H,16-17H2,1-2H3,(H,33,34)(H,35,36). The Morgan fingerprint density at radius 3 is 2.47 bits per heavy atom. The number of hydrogen-bond donors (Lipinski definition) is 2. The minimum atomic E-state index is -0.728. The van der Waals surface area contributed by atoms with E-state index in [0.717, 1.165) is 33.7 Å². The monoisotopic (exact) mass is 506 g/mol. The third-order valence-corrected chi connectivity index (χ3v) is 6.39. The van der Waals surface area contributed by atoms with Gasteiger partial charge in [-0.1, -0.05) is 30.3 Å². The summed E-state index contributed by atoms with van der Waals surface area (Å²) in [5, 5.41) is 3.03. The number of carbonyl (C=O) groups excluding carboxylic acids is 1. The lowest BCUT2D eigenvalue weighted by atomic mass is 10.0. The van der Waals surface area contributed by atoms with Gasteiger partial charge in [0.1, 0.15) is 0 Å². The van der Waals surface area contributed by atoms with Crippen molar-refractivity contribution in [2.24, 2.45) is 0 Å². The number of rotatable bonds is 5. The summed E-state index contributed by atoms with van der Waals surface area (Å²) in [4.78, 5) is 34.5. The normalized spacial score (nSPS) is 19.4. The molecule has 0 saturated carbocycles. The second-order valence-corrected chi connectivity index (χ2v) is 9.60. The van der Waals surface area contributed by atoms with Crippen LogP contribution in [0.5, 0.6) is 0 Å². The number of amides is 1. The number of fused-ring (bicyclic) bond motifs is 1. The van der Waals surface area contributed by atoms with Crippen LogP contribution in [0, 0.1) is 6.92 Å². The molecule has 38 heavy (non-hydrogen) atoms. The highest BCUT2D eigenvalue weighted by atomic mass is 16.7. The van der Waals surface area contributed by atoms with Crippen LogP contribution in [0.25, 0.3) is 33.7 Å². The van der Waals surface area contributed by atoms with Crippen LogP contribution in [-0.2, 0) is 9.47 Å². The smallest absolute Gasteiger partial charge is 0.251 e. The third kappa shape index (κ3) is 4.77. The van der Waals surface area contributed by atoms with Crippen LogP contribution in [0.15, 0.2) is 79.1 Å². The topological polar surface area (TPSA) is 115 Å². The lowest BCUT2D eigenvalue weighted by molar-refractivity contribution is -0.215. The van der Waals surface area contributed by atoms with E-state index in [0.29, 0.717) is 17.1 Å². The summed E-state index contributed by atoms with van der Waals surface area (Å²) < 4.78 is 12.2. The zero-order valence-corrected chi connectivity index (χ0v) is 21.0. The first-order chi connectivity index (χ1) is 18.5. The lowest BCUT2D eigenvalue weighted by Crippen LogP contribution is -2.55. The molecule has 9 nitrogen and oxygen atoms in total. The van der Waals surface area contributed by atoms with Crippen LogP contribution >= 0.6 is 0 Å². The molecular weight excluding hydrogens is 480 g/mol. The number of aromatic nitrogens is 5. The van der Waals surface area contributed by atoms with Crippen molar-refractivity contribution in [2.45, 2.75) is 25.7 Å². The van der Waals surface area contributed by atoms with Gasteiger partial charge < -0.3 is 19.8 Å². The number of pyridine rings is 1. The molecule has 9 heteroatoms. The van der Waals surface area contributed by atoms with Gasteiger partial charge in [0.05, 0.1) is 46.9 Å². The minimum absolute atomic E-state index is 0.175. The summed E-state index contributed by atoms with van der Waals surface area (Å²) in [7, 11) is 0. The summed E-state index contributed by atoms with van der Waals surface area (Å²) in [6, 6.07) is 20.8. The average molecular weight is 507 g/mol. The molecule has 2 aromatic carbocycles. The number of imidazole rings is 1. The van der Waals surface area contributed by atoms with Crippen molar-refractivity contribution in [3.63, 3.8) is 0 Å². The quantitative estimate of drug-likeness (QED) is 0.357. The molecule has 0 spiro atoms. The fourth-order valence-corrected chi connectivity index (χ4v) is 4.47. The van der Waals surface area contributed by atoms with Gasteiger partial charge in [-0.15, -0.1) is 0 Å². The van der Waals surface area contributed by atoms with E-state index in [1.54, 1.807) is 24.5 Å². The molecule has 5 aromatic rings. The molecule has 4 heterocycles. The zero-order valence-electron chi connectivity index (χ0n) is 21.0. The van der Waals surface area contributed by atoms with Crippen LogP contribution in [-0.4, -0.2) is 49.6 Å².